The summed E-state index contributed by atoms with van der Waals surface area (Å²) in [6.07, 6.45) is 0. The van der Waals surface area contributed by atoms with Gasteiger partial charge < -0.3 is 9.42 Å². The molecule has 8 nitrogen and oxygen atoms in total. The minimum Gasteiger partial charge on any atom is -0.334 e. The SMILES string of the molecule is CCN1C(=O)c2ccccc2Sc2cc(-c3noc(-c4cccc([N+](=O)[O-])c4)n3)ccc21. The summed E-state index contributed by atoms with van der Waals surface area (Å²) in [5, 5.41) is 15.1. The average Bonchev–Trinajstić information content (AvgIpc) is 3.27. The number of fused-ring (bicyclic) bond motifs is 2. The number of amides is 1. The Kier molecular flexibility index (Phi) is 4.95. The third-order valence-corrected chi connectivity index (χ3v) is 6.26. The van der Waals surface area contributed by atoms with E-state index in [4.69, 9.17) is 4.52 Å². The van der Waals surface area contributed by atoms with Crippen LogP contribution in [0.5, 0.6) is 0 Å². The van der Waals surface area contributed by atoms with Crippen LogP contribution in [0.4, 0.5) is 11.4 Å². The lowest BCUT2D eigenvalue weighted by molar-refractivity contribution is -0.384. The Balaban J connectivity index is 1.54. The smallest absolute Gasteiger partial charge is 0.270 e. The number of anilines is 1. The van der Waals surface area contributed by atoms with Crippen LogP contribution in [0.25, 0.3) is 22.8 Å². The number of nitro groups is 1. The molecule has 0 fully saturated rings. The molecule has 0 saturated carbocycles. The van der Waals surface area contributed by atoms with Crippen LogP contribution in [0.3, 0.4) is 0 Å². The zero-order chi connectivity index (χ0) is 22.2. The highest BCUT2D eigenvalue weighted by Gasteiger charge is 2.27. The van der Waals surface area contributed by atoms with E-state index in [0.717, 1.165) is 21.0 Å². The molecule has 32 heavy (non-hydrogen) atoms. The summed E-state index contributed by atoms with van der Waals surface area (Å²) in [5.74, 6) is 0.526. The molecule has 4 aromatic rings. The number of nitro benzene ring substituents is 1. The lowest BCUT2D eigenvalue weighted by atomic mass is 10.1. The van der Waals surface area contributed by atoms with Crippen molar-refractivity contribution in [3.05, 3.63) is 82.4 Å². The van der Waals surface area contributed by atoms with Crippen LogP contribution in [0, 0.1) is 10.1 Å². The van der Waals surface area contributed by atoms with Gasteiger partial charge in [-0.2, -0.15) is 4.98 Å². The molecule has 1 aliphatic rings. The number of rotatable bonds is 4. The van der Waals surface area contributed by atoms with Crippen LogP contribution in [0.2, 0.25) is 0 Å². The van der Waals surface area contributed by atoms with Gasteiger partial charge in [0.15, 0.2) is 0 Å². The number of carbonyl (C=O) groups excluding carboxylic acids is 1. The van der Waals surface area contributed by atoms with Crippen molar-refractivity contribution >= 4 is 29.0 Å². The lowest BCUT2D eigenvalue weighted by Crippen LogP contribution is -2.30. The fraction of sp³-hybridized carbons (Fsp3) is 0.0870. The molecule has 2 heterocycles. The van der Waals surface area contributed by atoms with Gasteiger partial charge in [-0.3, -0.25) is 14.9 Å². The summed E-state index contributed by atoms with van der Waals surface area (Å²) < 4.78 is 5.37. The van der Waals surface area contributed by atoms with Crippen molar-refractivity contribution in [1.82, 2.24) is 10.1 Å². The summed E-state index contributed by atoms with van der Waals surface area (Å²) >= 11 is 1.52. The summed E-state index contributed by atoms with van der Waals surface area (Å²) in [4.78, 5) is 31.6. The summed E-state index contributed by atoms with van der Waals surface area (Å²) in [7, 11) is 0. The molecular formula is C23H16N4O4S. The van der Waals surface area contributed by atoms with Crippen LogP contribution in [0.1, 0.15) is 17.3 Å². The van der Waals surface area contributed by atoms with Crippen LogP contribution in [0.15, 0.2) is 81.0 Å². The molecule has 0 saturated heterocycles. The van der Waals surface area contributed by atoms with Gasteiger partial charge in [-0.25, -0.2) is 0 Å². The number of hydrogen-bond acceptors (Lipinski definition) is 7. The topological polar surface area (TPSA) is 102 Å². The van der Waals surface area contributed by atoms with E-state index in [0.29, 0.717) is 23.5 Å². The molecule has 1 aliphatic heterocycles. The molecule has 5 rings (SSSR count). The number of benzene rings is 3. The van der Waals surface area contributed by atoms with Gasteiger partial charge in [0.25, 0.3) is 17.5 Å². The predicted molar refractivity (Wildman–Crippen MR) is 120 cm³/mol. The normalized spacial score (nSPS) is 12.8. The first-order valence-corrected chi connectivity index (χ1v) is 10.7. The highest BCUT2D eigenvalue weighted by molar-refractivity contribution is 7.99. The monoisotopic (exact) mass is 444 g/mol. The quantitative estimate of drug-likeness (QED) is 0.305. The Bertz CT molecular complexity index is 1370. The van der Waals surface area contributed by atoms with E-state index in [-0.39, 0.29) is 17.5 Å². The van der Waals surface area contributed by atoms with Gasteiger partial charge in [-0.05, 0) is 43.3 Å². The van der Waals surface area contributed by atoms with E-state index in [9.17, 15) is 14.9 Å². The fourth-order valence-electron chi connectivity index (χ4n) is 3.59. The number of non-ortho nitro benzene ring substituents is 1. The van der Waals surface area contributed by atoms with Crippen molar-refractivity contribution in [3.8, 4) is 22.8 Å². The van der Waals surface area contributed by atoms with Crippen LogP contribution >= 0.6 is 11.8 Å². The Hall–Kier alpha value is -3.98. The first kappa shape index (κ1) is 20.0. The number of nitrogens with zero attached hydrogens (tertiary/aromatic N) is 4. The molecule has 1 aromatic heterocycles. The second-order valence-corrected chi connectivity index (χ2v) is 8.14. The first-order chi connectivity index (χ1) is 15.5. The highest BCUT2D eigenvalue weighted by atomic mass is 32.2. The van der Waals surface area contributed by atoms with Crippen molar-refractivity contribution in [2.75, 3.05) is 11.4 Å². The van der Waals surface area contributed by atoms with Gasteiger partial charge >= 0.3 is 0 Å². The van der Waals surface area contributed by atoms with Crippen LogP contribution < -0.4 is 4.90 Å². The van der Waals surface area contributed by atoms with E-state index < -0.39 is 4.92 Å². The maximum atomic E-state index is 13.0. The van der Waals surface area contributed by atoms with E-state index >= 15 is 0 Å². The third kappa shape index (κ3) is 3.42. The largest absolute Gasteiger partial charge is 0.334 e. The van der Waals surface area contributed by atoms with Crippen molar-refractivity contribution < 1.29 is 14.2 Å². The molecule has 0 N–H and O–H groups in total. The number of carbonyl (C=O) groups is 1. The molecular weight excluding hydrogens is 428 g/mol. The van der Waals surface area contributed by atoms with E-state index in [1.807, 2.05) is 49.4 Å². The predicted octanol–water partition coefficient (Wildman–Crippen LogP) is 5.44. The number of aromatic nitrogens is 2. The second kappa shape index (κ2) is 7.93. The molecule has 0 atom stereocenters. The highest BCUT2D eigenvalue weighted by Crippen LogP contribution is 2.42. The van der Waals surface area contributed by atoms with E-state index in [1.54, 1.807) is 17.0 Å². The van der Waals surface area contributed by atoms with Crippen molar-refractivity contribution in [3.63, 3.8) is 0 Å². The zero-order valence-corrected chi connectivity index (χ0v) is 17.7. The molecule has 1 amide bonds. The Morgan fingerprint density at radius 2 is 1.88 bits per heavy atom. The van der Waals surface area contributed by atoms with Gasteiger partial charge in [0, 0.05) is 39.6 Å². The van der Waals surface area contributed by atoms with Crippen LogP contribution in [-0.2, 0) is 0 Å². The van der Waals surface area contributed by atoms with E-state index in [1.165, 1.54) is 23.9 Å². The summed E-state index contributed by atoms with van der Waals surface area (Å²) in [5.41, 5.74) is 2.64. The van der Waals surface area contributed by atoms with Crippen molar-refractivity contribution in [1.29, 1.82) is 0 Å². The maximum absolute atomic E-state index is 13.0. The minimum absolute atomic E-state index is 0.0328. The van der Waals surface area contributed by atoms with Crippen molar-refractivity contribution in [2.45, 2.75) is 16.7 Å². The van der Waals surface area contributed by atoms with Crippen LogP contribution in [-0.4, -0.2) is 27.5 Å². The molecule has 158 valence electrons. The Morgan fingerprint density at radius 1 is 1.03 bits per heavy atom. The molecule has 0 unspecified atom stereocenters. The molecule has 0 radical (unpaired) electrons. The standard InChI is InChI=1S/C23H16N4O4S/c1-2-26-18-11-10-14(13-20(18)32-19-9-4-3-8-17(19)23(26)28)21-24-22(31-25-21)15-6-5-7-16(12-15)27(29)30/h3-13H,2H2,1H3. The summed E-state index contributed by atoms with van der Waals surface area (Å²) in [6.45, 7) is 2.48. The van der Waals surface area contributed by atoms with Gasteiger partial charge in [-0.15, -0.1) is 0 Å². The zero-order valence-electron chi connectivity index (χ0n) is 16.9. The molecule has 0 aliphatic carbocycles. The third-order valence-electron chi connectivity index (χ3n) is 5.14. The van der Waals surface area contributed by atoms with Gasteiger partial charge in [0.2, 0.25) is 5.82 Å². The molecule has 0 spiro atoms. The lowest BCUT2D eigenvalue weighted by Gasteiger charge is -2.21. The average molecular weight is 444 g/mol. The van der Waals surface area contributed by atoms with E-state index in [2.05, 4.69) is 10.1 Å². The maximum Gasteiger partial charge on any atom is 0.270 e. The van der Waals surface area contributed by atoms with Crippen molar-refractivity contribution in [2.24, 2.45) is 0 Å². The van der Waals surface area contributed by atoms with Gasteiger partial charge in [0.05, 0.1) is 16.2 Å². The fourth-order valence-corrected chi connectivity index (χ4v) is 4.71. The number of hydrogen-bond donors (Lipinski definition) is 0. The second-order valence-electron chi connectivity index (χ2n) is 7.06. The minimum atomic E-state index is -0.469. The molecule has 9 heteroatoms. The first-order valence-electron chi connectivity index (χ1n) is 9.87. The van der Waals surface area contributed by atoms with Gasteiger partial charge in [-0.1, -0.05) is 35.1 Å². The molecule has 0 bridgehead atoms. The summed E-state index contributed by atoms with van der Waals surface area (Å²) in [6, 6.07) is 19.3. The van der Waals surface area contributed by atoms with Gasteiger partial charge in [0.1, 0.15) is 0 Å². The Labute approximate surface area is 187 Å². The molecule has 3 aromatic carbocycles. The Morgan fingerprint density at radius 3 is 2.69 bits per heavy atom.